The van der Waals surface area contributed by atoms with E-state index in [1.165, 1.54) is 0 Å². The first-order valence-corrected chi connectivity index (χ1v) is 6.02. The summed E-state index contributed by atoms with van der Waals surface area (Å²) in [6, 6.07) is 5.11. The fourth-order valence-electron chi connectivity index (χ4n) is 2.16. The minimum atomic E-state index is -0.946. The van der Waals surface area contributed by atoms with Crippen molar-refractivity contribution in [3.8, 4) is 11.5 Å². The van der Waals surface area contributed by atoms with E-state index >= 15 is 0 Å². The average Bonchev–Trinajstić information content (AvgIpc) is 2.98. The fraction of sp³-hybridized carbons (Fsp3) is 0.385. The lowest BCUT2D eigenvalue weighted by Gasteiger charge is -2.13. The summed E-state index contributed by atoms with van der Waals surface area (Å²) in [7, 11) is 0. The molecular weight excluding hydrogens is 250 g/mol. The maximum atomic E-state index is 12.1. The third-order valence-corrected chi connectivity index (χ3v) is 3.46. The van der Waals surface area contributed by atoms with Crippen LogP contribution in [-0.4, -0.2) is 23.8 Å². The van der Waals surface area contributed by atoms with E-state index < -0.39 is 11.4 Å². The zero-order chi connectivity index (χ0) is 13.5. The molecule has 1 heterocycles. The Hall–Kier alpha value is -2.24. The topological polar surface area (TPSA) is 84.9 Å². The smallest absolute Gasteiger partial charge is 0.304 e. The Morgan fingerprint density at radius 2 is 2.00 bits per heavy atom. The van der Waals surface area contributed by atoms with Crippen LogP contribution in [0.5, 0.6) is 11.5 Å². The molecule has 1 saturated carbocycles. The lowest BCUT2D eigenvalue weighted by molar-refractivity contribution is -0.140. The number of aliphatic carboxylic acids is 1. The number of hydrogen-bond donors (Lipinski definition) is 2. The second-order valence-electron chi connectivity index (χ2n) is 4.87. The van der Waals surface area contributed by atoms with Gasteiger partial charge in [0.2, 0.25) is 12.7 Å². The highest BCUT2D eigenvalue weighted by Gasteiger charge is 2.51. The second kappa shape index (κ2) is 4.15. The maximum absolute atomic E-state index is 12.1. The standard InChI is InChI=1S/C13H13NO5/c15-11(16)6-13(3-4-13)12(17)14-8-1-2-9-10(5-8)19-7-18-9/h1-2,5H,3-4,6-7H2,(H,14,17)(H,15,16). The summed E-state index contributed by atoms with van der Waals surface area (Å²) in [6.45, 7) is 0.176. The van der Waals surface area contributed by atoms with Gasteiger partial charge in [0.25, 0.3) is 0 Å². The molecule has 1 aliphatic carbocycles. The highest BCUT2D eigenvalue weighted by molar-refractivity contribution is 5.99. The van der Waals surface area contributed by atoms with Crippen molar-refractivity contribution in [2.45, 2.75) is 19.3 Å². The number of carboxylic acid groups (broad SMARTS) is 1. The second-order valence-corrected chi connectivity index (χ2v) is 4.87. The summed E-state index contributed by atoms with van der Waals surface area (Å²) < 4.78 is 10.4. The van der Waals surface area contributed by atoms with E-state index in [0.717, 1.165) is 0 Å². The van der Waals surface area contributed by atoms with Gasteiger partial charge in [-0.25, -0.2) is 0 Å². The summed E-state index contributed by atoms with van der Waals surface area (Å²) in [5.74, 6) is 0.0395. The van der Waals surface area contributed by atoms with E-state index in [0.29, 0.717) is 30.0 Å². The van der Waals surface area contributed by atoms with Crippen LogP contribution < -0.4 is 14.8 Å². The minimum absolute atomic E-state index is 0.122. The van der Waals surface area contributed by atoms with Gasteiger partial charge >= 0.3 is 5.97 Å². The van der Waals surface area contributed by atoms with Crippen molar-refractivity contribution in [1.82, 2.24) is 0 Å². The van der Waals surface area contributed by atoms with Crippen LogP contribution in [-0.2, 0) is 9.59 Å². The van der Waals surface area contributed by atoms with Crippen LogP contribution in [0.25, 0.3) is 0 Å². The van der Waals surface area contributed by atoms with Gasteiger partial charge in [-0.3, -0.25) is 9.59 Å². The highest BCUT2D eigenvalue weighted by atomic mass is 16.7. The van der Waals surface area contributed by atoms with Crippen LogP contribution in [0.15, 0.2) is 18.2 Å². The predicted octanol–water partition coefficient (Wildman–Crippen LogP) is 1.61. The average molecular weight is 263 g/mol. The molecule has 0 radical (unpaired) electrons. The van der Waals surface area contributed by atoms with E-state index in [1.54, 1.807) is 18.2 Å². The third-order valence-electron chi connectivity index (χ3n) is 3.46. The van der Waals surface area contributed by atoms with Crippen LogP contribution in [0, 0.1) is 5.41 Å². The number of fused-ring (bicyclic) bond motifs is 1. The Labute approximate surface area is 109 Å². The number of ether oxygens (including phenoxy) is 2. The zero-order valence-electron chi connectivity index (χ0n) is 10.1. The monoisotopic (exact) mass is 263 g/mol. The lowest BCUT2D eigenvalue weighted by Crippen LogP contribution is -2.26. The number of carbonyl (C=O) groups is 2. The molecule has 0 atom stereocenters. The van der Waals surface area contributed by atoms with Crippen LogP contribution in [0.2, 0.25) is 0 Å². The Bertz CT molecular complexity index is 550. The summed E-state index contributed by atoms with van der Waals surface area (Å²) in [4.78, 5) is 22.8. The molecule has 1 amide bonds. The number of benzene rings is 1. The van der Waals surface area contributed by atoms with Crippen LogP contribution >= 0.6 is 0 Å². The van der Waals surface area contributed by atoms with Gasteiger partial charge in [-0.1, -0.05) is 0 Å². The molecule has 0 unspecified atom stereocenters. The molecule has 100 valence electrons. The number of carboxylic acids is 1. The molecule has 6 heteroatoms. The van der Waals surface area contributed by atoms with Gasteiger partial charge in [0.1, 0.15) is 0 Å². The summed E-state index contributed by atoms with van der Waals surface area (Å²) in [6.07, 6.45) is 1.12. The predicted molar refractivity (Wildman–Crippen MR) is 65.1 cm³/mol. The number of hydrogen-bond acceptors (Lipinski definition) is 4. The SMILES string of the molecule is O=C(O)CC1(C(=O)Nc2ccc3c(c2)OCO3)CC1. The van der Waals surface area contributed by atoms with Crippen molar-refractivity contribution in [3.63, 3.8) is 0 Å². The number of anilines is 1. The highest BCUT2D eigenvalue weighted by Crippen LogP contribution is 2.49. The molecule has 2 N–H and O–H groups in total. The molecule has 1 aromatic carbocycles. The van der Waals surface area contributed by atoms with Crippen molar-refractivity contribution in [3.05, 3.63) is 18.2 Å². The molecule has 0 aromatic heterocycles. The lowest BCUT2D eigenvalue weighted by atomic mass is 10.0. The number of nitrogens with one attached hydrogen (secondary N) is 1. The van der Waals surface area contributed by atoms with Crippen molar-refractivity contribution in [1.29, 1.82) is 0 Å². The van der Waals surface area contributed by atoms with Gasteiger partial charge in [0, 0.05) is 11.8 Å². The Balaban J connectivity index is 1.71. The van der Waals surface area contributed by atoms with Crippen molar-refractivity contribution in [2.75, 3.05) is 12.1 Å². The van der Waals surface area contributed by atoms with Gasteiger partial charge in [0.15, 0.2) is 11.5 Å². The molecule has 2 aliphatic rings. The Morgan fingerprint density at radius 3 is 2.68 bits per heavy atom. The van der Waals surface area contributed by atoms with Crippen LogP contribution in [0.1, 0.15) is 19.3 Å². The molecule has 0 saturated heterocycles. The van der Waals surface area contributed by atoms with Gasteiger partial charge < -0.3 is 19.9 Å². The fourth-order valence-corrected chi connectivity index (χ4v) is 2.16. The van der Waals surface area contributed by atoms with Crippen LogP contribution in [0.4, 0.5) is 5.69 Å². The van der Waals surface area contributed by atoms with E-state index in [2.05, 4.69) is 5.32 Å². The molecule has 0 bridgehead atoms. The molecule has 0 spiro atoms. The molecule has 1 aliphatic heterocycles. The quantitative estimate of drug-likeness (QED) is 0.862. The summed E-state index contributed by atoms with van der Waals surface area (Å²) in [5.41, 5.74) is -0.145. The first kappa shape index (κ1) is 11.8. The van der Waals surface area contributed by atoms with Crippen molar-refractivity contribution >= 4 is 17.6 Å². The first-order valence-electron chi connectivity index (χ1n) is 6.02. The van der Waals surface area contributed by atoms with Gasteiger partial charge in [-0.15, -0.1) is 0 Å². The molecule has 1 aromatic rings. The molecule has 1 fully saturated rings. The molecular formula is C13H13NO5. The molecule has 6 nitrogen and oxygen atoms in total. The molecule has 3 rings (SSSR count). The number of carbonyl (C=O) groups excluding carboxylic acids is 1. The first-order chi connectivity index (χ1) is 9.09. The Morgan fingerprint density at radius 1 is 1.26 bits per heavy atom. The largest absolute Gasteiger partial charge is 0.481 e. The maximum Gasteiger partial charge on any atom is 0.304 e. The number of amides is 1. The Kier molecular flexibility index (Phi) is 2.58. The van der Waals surface area contributed by atoms with E-state index in [1.807, 2.05) is 0 Å². The van der Waals surface area contributed by atoms with Crippen molar-refractivity contribution in [2.24, 2.45) is 5.41 Å². The normalized spacial score (nSPS) is 17.9. The number of rotatable bonds is 4. The summed E-state index contributed by atoms with van der Waals surface area (Å²) >= 11 is 0. The third kappa shape index (κ3) is 2.21. The zero-order valence-corrected chi connectivity index (χ0v) is 10.1. The van der Waals surface area contributed by atoms with E-state index in [4.69, 9.17) is 14.6 Å². The van der Waals surface area contributed by atoms with Crippen LogP contribution in [0.3, 0.4) is 0 Å². The van der Waals surface area contributed by atoms with Gasteiger partial charge in [-0.2, -0.15) is 0 Å². The molecule has 19 heavy (non-hydrogen) atoms. The van der Waals surface area contributed by atoms with Crippen molar-refractivity contribution < 1.29 is 24.2 Å². The van der Waals surface area contributed by atoms with E-state index in [-0.39, 0.29) is 19.1 Å². The summed E-state index contributed by atoms with van der Waals surface area (Å²) in [5, 5.41) is 11.6. The van der Waals surface area contributed by atoms with Gasteiger partial charge in [-0.05, 0) is 25.0 Å². The van der Waals surface area contributed by atoms with E-state index in [9.17, 15) is 9.59 Å². The van der Waals surface area contributed by atoms with Gasteiger partial charge in [0.05, 0.1) is 11.8 Å². The minimum Gasteiger partial charge on any atom is -0.481 e.